The highest BCUT2D eigenvalue weighted by Crippen LogP contribution is 2.47. The van der Waals surface area contributed by atoms with Gasteiger partial charge in [0.1, 0.15) is 23.7 Å². The average molecular weight is 274 g/mol. The van der Waals surface area contributed by atoms with Crippen LogP contribution in [0.3, 0.4) is 0 Å². The van der Waals surface area contributed by atoms with Gasteiger partial charge in [-0.3, -0.25) is 9.89 Å². The van der Waals surface area contributed by atoms with Crippen molar-refractivity contribution in [2.75, 3.05) is 0 Å². The average Bonchev–Trinajstić information content (AvgIpc) is 2.92. The molecule has 0 radical (unpaired) electrons. The quantitative estimate of drug-likeness (QED) is 0.840. The first kappa shape index (κ1) is 12.9. The fraction of sp³-hybridized carbons (Fsp3) is 0.500. The Morgan fingerprint density at radius 3 is 3.10 bits per heavy atom. The molecule has 2 N–H and O–H groups in total. The summed E-state index contributed by atoms with van der Waals surface area (Å²) in [6, 6.07) is 4.01. The number of H-pyrrole nitrogens is 1. The van der Waals surface area contributed by atoms with Gasteiger partial charge in [0.15, 0.2) is 0 Å². The normalized spacial score (nSPS) is 20.9. The minimum atomic E-state index is -0.0147. The van der Waals surface area contributed by atoms with Crippen LogP contribution >= 0.6 is 0 Å². The molecule has 0 spiro atoms. The van der Waals surface area contributed by atoms with Crippen LogP contribution in [0.2, 0.25) is 0 Å². The van der Waals surface area contributed by atoms with Crippen molar-refractivity contribution in [1.29, 1.82) is 0 Å². The first-order valence-corrected chi connectivity index (χ1v) is 6.92. The number of carbonyl (C=O) groups is 1. The van der Waals surface area contributed by atoms with E-state index in [2.05, 4.69) is 27.4 Å². The van der Waals surface area contributed by atoms with Crippen molar-refractivity contribution in [2.24, 2.45) is 5.92 Å². The van der Waals surface area contributed by atoms with Crippen molar-refractivity contribution in [3.05, 3.63) is 35.8 Å². The van der Waals surface area contributed by atoms with E-state index in [1.807, 2.05) is 12.1 Å². The molecule has 0 aliphatic heterocycles. The van der Waals surface area contributed by atoms with Crippen LogP contribution in [-0.2, 0) is 17.8 Å². The molecule has 2 aromatic rings. The topological polar surface area (TPSA) is 83.8 Å². The molecule has 20 heavy (non-hydrogen) atoms. The van der Waals surface area contributed by atoms with E-state index >= 15 is 0 Å². The van der Waals surface area contributed by atoms with E-state index in [1.54, 1.807) is 0 Å². The number of carbonyl (C=O) groups excluding carboxylic acids is 1. The van der Waals surface area contributed by atoms with Gasteiger partial charge in [-0.1, -0.05) is 6.92 Å². The number of aryl methyl sites for hydroxylation is 1. The van der Waals surface area contributed by atoms with Gasteiger partial charge in [-0.05, 0) is 24.5 Å². The predicted octanol–water partition coefficient (Wildman–Crippen LogP) is 1.77. The highest BCUT2D eigenvalue weighted by atomic mass is 16.3. The van der Waals surface area contributed by atoms with E-state index in [0.29, 0.717) is 31.1 Å². The maximum absolute atomic E-state index is 11.7. The van der Waals surface area contributed by atoms with E-state index in [4.69, 9.17) is 4.42 Å². The third kappa shape index (κ3) is 3.07. The maximum Gasteiger partial charge on any atom is 0.220 e. The van der Waals surface area contributed by atoms with Gasteiger partial charge in [-0.25, -0.2) is 4.98 Å². The summed E-state index contributed by atoms with van der Waals surface area (Å²) in [5.74, 6) is 3.91. The Bertz CT molecular complexity index is 576. The zero-order valence-corrected chi connectivity index (χ0v) is 11.4. The number of furan rings is 1. The summed E-state index contributed by atoms with van der Waals surface area (Å²) in [5, 5.41) is 9.21. The lowest BCUT2D eigenvalue weighted by atomic mass is 10.2. The van der Waals surface area contributed by atoms with Gasteiger partial charge in [0.2, 0.25) is 5.91 Å². The second-order valence-corrected chi connectivity index (χ2v) is 5.33. The summed E-state index contributed by atoms with van der Waals surface area (Å²) in [4.78, 5) is 15.6. The lowest BCUT2D eigenvalue weighted by Gasteiger charge is -2.01. The Hall–Kier alpha value is -2.11. The van der Waals surface area contributed by atoms with E-state index in [0.717, 1.165) is 17.4 Å². The van der Waals surface area contributed by atoms with Gasteiger partial charge in [-0.15, -0.1) is 0 Å². The van der Waals surface area contributed by atoms with E-state index < -0.39 is 0 Å². The molecule has 2 atom stereocenters. The molecular weight excluding hydrogens is 256 g/mol. The van der Waals surface area contributed by atoms with Crippen LogP contribution < -0.4 is 5.32 Å². The van der Waals surface area contributed by atoms with Crippen LogP contribution in [0.4, 0.5) is 0 Å². The molecule has 3 rings (SSSR count). The highest BCUT2D eigenvalue weighted by molar-refractivity contribution is 5.75. The number of hydrogen-bond donors (Lipinski definition) is 2. The molecule has 1 amide bonds. The highest BCUT2D eigenvalue weighted by Gasteiger charge is 2.36. The molecule has 1 fully saturated rings. The Morgan fingerprint density at radius 2 is 2.40 bits per heavy atom. The van der Waals surface area contributed by atoms with Crippen LogP contribution in [0.25, 0.3) is 0 Å². The number of amides is 1. The Labute approximate surface area is 117 Å². The second-order valence-electron chi connectivity index (χ2n) is 5.33. The monoisotopic (exact) mass is 274 g/mol. The van der Waals surface area contributed by atoms with Gasteiger partial charge in [0.25, 0.3) is 0 Å². The third-order valence-corrected chi connectivity index (χ3v) is 3.67. The van der Waals surface area contributed by atoms with Gasteiger partial charge >= 0.3 is 0 Å². The van der Waals surface area contributed by atoms with Crippen molar-refractivity contribution in [3.63, 3.8) is 0 Å². The van der Waals surface area contributed by atoms with Gasteiger partial charge in [-0.2, -0.15) is 5.10 Å². The van der Waals surface area contributed by atoms with Crippen LogP contribution in [0.15, 0.2) is 22.9 Å². The lowest BCUT2D eigenvalue weighted by Crippen LogP contribution is -2.23. The van der Waals surface area contributed by atoms with Gasteiger partial charge < -0.3 is 9.73 Å². The molecule has 2 heterocycles. The van der Waals surface area contributed by atoms with E-state index in [-0.39, 0.29) is 5.91 Å². The summed E-state index contributed by atoms with van der Waals surface area (Å²) in [6.45, 7) is 2.60. The molecule has 6 heteroatoms. The van der Waals surface area contributed by atoms with Gasteiger partial charge in [0.05, 0.1) is 6.54 Å². The SMILES string of the molecule is CC1CC1c1ccc(CCC(=O)NCc2ncn[nH]2)o1. The van der Waals surface area contributed by atoms with Crippen molar-refractivity contribution in [3.8, 4) is 0 Å². The summed E-state index contributed by atoms with van der Waals surface area (Å²) < 4.78 is 5.77. The smallest absolute Gasteiger partial charge is 0.220 e. The van der Waals surface area contributed by atoms with Crippen LogP contribution in [0, 0.1) is 5.92 Å². The second kappa shape index (κ2) is 5.48. The number of aromatic nitrogens is 3. The zero-order chi connectivity index (χ0) is 13.9. The molecule has 0 aromatic carbocycles. The van der Waals surface area contributed by atoms with Crippen LogP contribution in [0.1, 0.15) is 43.0 Å². The summed E-state index contributed by atoms with van der Waals surface area (Å²) in [5.41, 5.74) is 0. The first-order chi connectivity index (χ1) is 9.72. The maximum atomic E-state index is 11.7. The van der Waals surface area contributed by atoms with E-state index in [9.17, 15) is 4.79 Å². The standard InChI is InChI=1S/C14H18N4O2/c1-9-6-11(9)12-4-2-10(20-12)3-5-14(19)15-7-13-16-8-17-18-13/h2,4,8-9,11H,3,5-7H2,1H3,(H,15,19)(H,16,17,18). The number of rotatable bonds is 6. The van der Waals surface area contributed by atoms with Crippen LogP contribution in [-0.4, -0.2) is 21.1 Å². The number of aromatic amines is 1. The summed E-state index contributed by atoms with van der Waals surface area (Å²) in [6.07, 6.45) is 3.68. The third-order valence-electron chi connectivity index (χ3n) is 3.67. The molecule has 0 saturated heterocycles. The molecule has 2 unspecified atom stereocenters. The zero-order valence-electron chi connectivity index (χ0n) is 11.4. The molecule has 0 bridgehead atoms. The van der Waals surface area contributed by atoms with Crippen LogP contribution in [0.5, 0.6) is 0 Å². The Balaban J connectivity index is 1.42. The molecule has 2 aromatic heterocycles. The van der Waals surface area contributed by atoms with Crippen molar-refractivity contribution < 1.29 is 9.21 Å². The van der Waals surface area contributed by atoms with Crippen molar-refractivity contribution in [2.45, 2.75) is 38.6 Å². The number of hydrogen-bond acceptors (Lipinski definition) is 4. The summed E-state index contributed by atoms with van der Waals surface area (Å²) in [7, 11) is 0. The molecule has 106 valence electrons. The number of nitrogens with one attached hydrogen (secondary N) is 2. The summed E-state index contributed by atoms with van der Waals surface area (Å²) >= 11 is 0. The van der Waals surface area contributed by atoms with Gasteiger partial charge in [0, 0.05) is 18.8 Å². The van der Waals surface area contributed by atoms with Crippen molar-refractivity contribution >= 4 is 5.91 Å². The molecular formula is C14H18N4O2. The minimum absolute atomic E-state index is 0.0147. The van der Waals surface area contributed by atoms with E-state index in [1.165, 1.54) is 12.7 Å². The first-order valence-electron chi connectivity index (χ1n) is 6.92. The number of nitrogens with zero attached hydrogens (tertiary/aromatic N) is 2. The minimum Gasteiger partial charge on any atom is -0.466 e. The molecule has 1 saturated carbocycles. The Morgan fingerprint density at radius 1 is 1.55 bits per heavy atom. The molecule has 1 aliphatic rings. The fourth-order valence-electron chi connectivity index (χ4n) is 2.27. The predicted molar refractivity (Wildman–Crippen MR) is 71.8 cm³/mol. The fourth-order valence-corrected chi connectivity index (χ4v) is 2.27. The lowest BCUT2D eigenvalue weighted by molar-refractivity contribution is -0.121. The van der Waals surface area contributed by atoms with Crippen molar-refractivity contribution in [1.82, 2.24) is 20.5 Å². The molecule has 1 aliphatic carbocycles. The molecule has 6 nitrogen and oxygen atoms in total. The Kier molecular flexibility index (Phi) is 3.54. The largest absolute Gasteiger partial charge is 0.466 e.